The van der Waals surface area contributed by atoms with E-state index < -0.39 is 24.1 Å². The van der Waals surface area contributed by atoms with Crippen LogP contribution in [0, 0.1) is 0 Å². The maximum atomic E-state index is 11.0. The van der Waals surface area contributed by atoms with Gasteiger partial charge in [-0.05, 0) is 12.5 Å². The van der Waals surface area contributed by atoms with Gasteiger partial charge in [-0.15, -0.1) is 0 Å². The number of hydrogen-bond acceptors (Lipinski definition) is 5. The quantitative estimate of drug-likeness (QED) is 0.678. The first-order valence-electron chi connectivity index (χ1n) is 5.21. The van der Waals surface area contributed by atoms with Gasteiger partial charge in [0.2, 0.25) is 0 Å². The number of rotatable bonds is 3. The Kier molecular flexibility index (Phi) is 4.34. The van der Waals surface area contributed by atoms with E-state index in [2.05, 4.69) is 0 Å². The molecule has 0 radical (unpaired) electrons. The van der Waals surface area contributed by atoms with Gasteiger partial charge < -0.3 is 14.2 Å². The molecule has 5 nitrogen and oxygen atoms in total. The SMILES string of the molecule is CCC1OC=CC(OC(C)=O)[C@H]1OC(C)=O. The lowest BCUT2D eigenvalue weighted by molar-refractivity contribution is -0.173. The summed E-state index contributed by atoms with van der Waals surface area (Å²) in [5.41, 5.74) is 0. The summed E-state index contributed by atoms with van der Waals surface area (Å²) in [6.07, 6.45) is 2.29. The van der Waals surface area contributed by atoms with Gasteiger partial charge in [0.25, 0.3) is 0 Å². The van der Waals surface area contributed by atoms with Crippen molar-refractivity contribution in [3.05, 3.63) is 12.3 Å². The summed E-state index contributed by atoms with van der Waals surface area (Å²) in [5.74, 6) is -0.831. The molecule has 0 spiro atoms. The predicted molar refractivity (Wildman–Crippen MR) is 55.4 cm³/mol. The van der Waals surface area contributed by atoms with Crippen LogP contribution in [0.2, 0.25) is 0 Å². The first-order valence-corrected chi connectivity index (χ1v) is 5.21. The molecule has 1 heterocycles. The molecule has 0 bridgehead atoms. The molecule has 0 saturated heterocycles. The lowest BCUT2D eigenvalue weighted by Crippen LogP contribution is -2.44. The van der Waals surface area contributed by atoms with Crippen LogP contribution < -0.4 is 0 Å². The predicted octanol–water partition coefficient (Wildman–Crippen LogP) is 1.17. The molecule has 0 aromatic heterocycles. The van der Waals surface area contributed by atoms with Crippen molar-refractivity contribution in [2.45, 2.75) is 45.5 Å². The zero-order chi connectivity index (χ0) is 12.1. The monoisotopic (exact) mass is 228 g/mol. The third-order valence-corrected chi connectivity index (χ3v) is 2.22. The summed E-state index contributed by atoms with van der Waals surface area (Å²) < 4.78 is 15.5. The van der Waals surface area contributed by atoms with E-state index in [1.54, 1.807) is 6.08 Å². The first kappa shape index (κ1) is 12.5. The van der Waals surface area contributed by atoms with Crippen molar-refractivity contribution in [2.24, 2.45) is 0 Å². The van der Waals surface area contributed by atoms with Gasteiger partial charge in [-0.25, -0.2) is 0 Å². The Morgan fingerprint density at radius 3 is 2.38 bits per heavy atom. The van der Waals surface area contributed by atoms with E-state index in [9.17, 15) is 9.59 Å². The molecule has 0 N–H and O–H groups in total. The van der Waals surface area contributed by atoms with Crippen LogP contribution in [0.5, 0.6) is 0 Å². The molecule has 2 unspecified atom stereocenters. The minimum atomic E-state index is -0.573. The van der Waals surface area contributed by atoms with Crippen molar-refractivity contribution in [2.75, 3.05) is 0 Å². The van der Waals surface area contributed by atoms with Crippen molar-refractivity contribution >= 4 is 11.9 Å². The number of carbonyl (C=O) groups excluding carboxylic acids is 2. The van der Waals surface area contributed by atoms with E-state index in [-0.39, 0.29) is 6.10 Å². The van der Waals surface area contributed by atoms with Crippen LogP contribution in [-0.4, -0.2) is 30.3 Å². The zero-order valence-electron chi connectivity index (χ0n) is 9.64. The van der Waals surface area contributed by atoms with Gasteiger partial charge in [0, 0.05) is 13.8 Å². The fourth-order valence-corrected chi connectivity index (χ4v) is 1.58. The van der Waals surface area contributed by atoms with Gasteiger partial charge >= 0.3 is 11.9 Å². The molecule has 0 amide bonds. The van der Waals surface area contributed by atoms with Crippen molar-refractivity contribution in [1.29, 1.82) is 0 Å². The van der Waals surface area contributed by atoms with Gasteiger partial charge in [-0.1, -0.05) is 6.92 Å². The maximum Gasteiger partial charge on any atom is 0.303 e. The lowest BCUT2D eigenvalue weighted by atomic mass is 10.0. The topological polar surface area (TPSA) is 61.8 Å². The smallest absolute Gasteiger partial charge is 0.303 e. The molecule has 0 saturated carbocycles. The van der Waals surface area contributed by atoms with Crippen LogP contribution in [0.3, 0.4) is 0 Å². The second-order valence-corrected chi connectivity index (χ2v) is 3.56. The van der Waals surface area contributed by atoms with Gasteiger partial charge in [0.1, 0.15) is 6.10 Å². The molecular weight excluding hydrogens is 212 g/mol. The van der Waals surface area contributed by atoms with Crippen molar-refractivity contribution in [3.8, 4) is 0 Å². The van der Waals surface area contributed by atoms with E-state index in [0.717, 1.165) is 0 Å². The normalized spacial score (nSPS) is 28.1. The van der Waals surface area contributed by atoms with E-state index in [1.807, 2.05) is 6.92 Å². The summed E-state index contributed by atoms with van der Waals surface area (Å²) in [6, 6.07) is 0. The second-order valence-electron chi connectivity index (χ2n) is 3.56. The van der Waals surface area contributed by atoms with Crippen molar-refractivity contribution in [1.82, 2.24) is 0 Å². The maximum absolute atomic E-state index is 11.0. The van der Waals surface area contributed by atoms with Crippen LogP contribution in [0.15, 0.2) is 12.3 Å². The number of hydrogen-bond donors (Lipinski definition) is 0. The number of carbonyl (C=O) groups is 2. The minimum Gasteiger partial charge on any atom is -0.494 e. The minimum absolute atomic E-state index is 0.279. The summed E-state index contributed by atoms with van der Waals surface area (Å²) in [6.45, 7) is 4.54. The molecule has 16 heavy (non-hydrogen) atoms. The highest BCUT2D eigenvalue weighted by atomic mass is 16.6. The Morgan fingerprint density at radius 2 is 1.88 bits per heavy atom. The van der Waals surface area contributed by atoms with E-state index in [4.69, 9.17) is 14.2 Å². The van der Waals surface area contributed by atoms with E-state index in [1.165, 1.54) is 20.1 Å². The van der Waals surface area contributed by atoms with Crippen LogP contribution in [0.1, 0.15) is 27.2 Å². The number of ether oxygens (including phenoxy) is 3. The molecule has 1 rings (SSSR count). The molecular formula is C11H16O5. The summed E-state index contributed by atoms with van der Waals surface area (Å²) in [4.78, 5) is 21.9. The third-order valence-electron chi connectivity index (χ3n) is 2.22. The van der Waals surface area contributed by atoms with Crippen LogP contribution in [-0.2, 0) is 23.8 Å². The van der Waals surface area contributed by atoms with E-state index >= 15 is 0 Å². The van der Waals surface area contributed by atoms with Crippen LogP contribution in [0.25, 0.3) is 0 Å². The van der Waals surface area contributed by atoms with E-state index in [0.29, 0.717) is 6.42 Å². The van der Waals surface area contributed by atoms with Gasteiger partial charge in [0.05, 0.1) is 6.26 Å². The van der Waals surface area contributed by atoms with Crippen LogP contribution >= 0.6 is 0 Å². The van der Waals surface area contributed by atoms with Crippen molar-refractivity contribution < 1.29 is 23.8 Å². The van der Waals surface area contributed by atoms with Gasteiger partial charge in [0.15, 0.2) is 12.2 Å². The second kappa shape index (κ2) is 5.53. The lowest BCUT2D eigenvalue weighted by Gasteiger charge is -2.32. The Bertz CT molecular complexity index is 297. The molecule has 3 atom stereocenters. The van der Waals surface area contributed by atoms with Crippen LogP contribution in [0.4, 0.5) is 0 Å². The van der Waals surface area contributed by atoms with Crippen molar-refractivity contribution in [3.63, 3.8) is 0 Å². The summed E-state index contributed by atoms with van der Waals surface area (Å²) in [7, 11) is 0. The largest absolute Gasteiger partial charge is 0.494 e. The summed E-state index contributed by atoms with van der Waals surface area (Å²) in [5, 5.41) is 0. The third kappa shape index (κ3) is 3.25. The Morgan fingerprint density at radius 1 is 1.25 bits per heavy atom. The first-order chi connectivity index (χ1) is 7.54. The molecule has 0 aliphatic carbocycles. The highest BCUT2D eigenvalue weighted by molar-refractivity contribution is 5.67. The number of esters is 2. The Hall–Kier alpha value is -1.52. The fraction of sp³-hybridized carbons (Fsp3) is 0.636. The molecule has 0 fully saturated rings. The summed E-state index contributed by atoms with van der Waals surface area (Å²) >= 11 is 0. The average Bonchev–Trinajstić information content (AvgIpc) is 2.19. The molecule has 0 aromatic carbocycles. The molecule has 1 aliphatic heterocycles. The average molecular weight is 228 g/mol. The Labute approximate surface area is 94.4 Å². The highest BCUT2D eigenvalue weighted by Crippen LogP contribution is 2.21. The fourth-order valence-electron chi connectivity index (χ4n) is 1.58. The standard InChI is InChI=1S/C11H16O5/c1-4-9-11(16-8(3)13)10(5-6-14-9)15-7(2)12/h5-6,9-11H,4H2,1-3H3/t9?,10?,11-/m0/s1. The highest BCUT2D eigenvalue weighted by Gasteiger charge is 2.35. The van der Waals surface area contributed by atoms with Gasteiger partial charge in [-0.2, -0.15) is 0 Å². The molecule has 1 aliphatic rings. The Balaban J connectivity index is 2.77. The zero-order valence-corrected chi connectivity index (χ0v) is 9.64. The molecule has 5 heteroatoms. The van der Waals surface area contributed by atoms with Gasteiger partial charge in [-0.3, -0.25) is 9.59 Å². The molecule has 90 valence electrons. The molecule has 0 aromatic rings.